The van der Waals surface area contributed by atoms with Crippen LogP contribution in [0.3, 0.4) is 0 Å². The number of nitrogens with one attached hydrogen (secondary N) is 1. The molecule has 0 amide bonds. The first-order chi connectivity index (χ1) is 8.40. The summed E-state index contributed by atoms with van der Waals surface area (Å²) in [4.78, 5) is 5.46. The average Bonchev–Trinajstić information content (AvgIpc) is 2.90. The largest absolute Gasteiger partial charge is 0.309 e. The van der Waals surface area contributed by atoms with Crippen molar-refractivity contribution in [1.29, 1.82) is 0 Å². The minimum Gasteiger partial charge on any atom is -0.309 e. The molecule has 2 heterocycles. The molecule has 90 valence electrons. The summed E-state index contributed by atoms with van der Waals surface area (Å²) >= 11 is 1.83. The van der Waals surface area contributed by atoms with Gasteiger partial charge in [0.05, 0.1) is 0 Å². The highest BCUT2D eigenvalue weighted by Crippen LogP contribution is 2.21. The fourth-order valence-corrected chi connectivity index (χ4v) is 2.76. The van der Waals surface area contributed by atoms with E-state index in [9.17, 15) is 0 Å². The van der Waals surface area contributed by atoms with Crippen LogP contribution in [0.2, 0.25) is 0 Å². The molecule has 0 saturated heterocycles. The van der Waals surface area contributed by atoms with Crippen LogP contribution in [-0.2, 0) is 6.42 Å². The van der Waals surface area contributed by atoms with Gasteiger partial charge in [-0.2, -0.15) is 0 Å². The van der Waals surface area contributed by atoms with Gasteiger partial charge in [0.2, 0.25) is 0 Å². The minimum absolute atomic E-state index is 0.497. The van der Waals surface area contributed by atoms with E-state index in [1.807, 2.05) is 23.7 Å². The average molecular weight is 246 g/mol. The number of aromatic nitrogens is 1. The van der Waals surface area contributed by atoms with Gasteiger partial charge in [-0.15, -0.1) is 11.3 Å². The molecule has 1 unspecified atom stereocenters. The zero-order valence-corrected chi connectivity index (χ0v) is 10.9. The molecule has 0 fully saturated rings. The maximum atomic E-state index is 4.03. The van der Waals surface area contributed by atoms with Crippen LogP contribution in [0.25, 0.3) is 0 Å². The van der Waals surface area contributed by atoms with Crippen LogP contribution in [-0.4, -0.2) is 11.5 Å². The Labute approximate surface area is 107 Å². The molecule has 3 heteroatoms. The SMILES string of the molecule is CCC(NCCc1ccncc1)c1cccs1. The van der Waals surface area contributed by atoms with E-state index in [1.165, 1.54) is 10.4 Å². The lowest BCUT2D eigenvalue weighted by Gasteiger charge is -2.15. The number of thiophene rings is 1. The second-order valence-electron chi connectivity index (χ2n) is 4.04. The second kappa shape index (κ2) is 6.52. The molecule has 0 spiro atoms. The number of hydrogen-bond acceptors (Lipinski definition) is 3. The van der Waals surface area contributed by atoms with Crippen molar-refractivity contribution < 1.29 is 0 Å². The predicted octanol–water partition coefficient (Wildman–Crippen LogP) is 3.43. The monoisotopic (exact) mass is 246 g/mol. The highest BCUT2D eigenvalue weighted by molar-refractivity contribution is 7.10. The van der Waals surface area contributed by atoms with Crippen LogP contribution in [0.15, 0.2) is 42.0 Å². The Balaban J connectivity index is 1.81. The zero-order chi connectivity index (χ0) is 11.9. The van der Waals surface area contributed by atoms with Crippen LogP contribution in [0, 0.1) is 0 Å². The van der Waals surface area contributed by atoms with Crippen molar-refractivity contribution >= 4 is 11.3 Å². The molecule has 0 saturated carbocycles. The van der Waals surface area contributed by atoms with Gasteiger partial charge < -0.3 is 5.32 Å². The number of hydrogen-bond donors (Lipinski definition) is 1. The first-order valence-corrected chi connectivity index (χ1v) is 6.94. The predicted molar refractivity (Wildman–Crippen MR) is 73.3 cm³/mol. The summed E-state index contributed by atoms with van der Waals surface area (Å²) in [7, 11) is 0. The van der Waals surface area contributed by atoms with Crippen LogP contribution in [0.1, 0.15) is 29.8 Å². The summed E-state index contributed by atoms with van der Waals surface area (Å²) in [5.41, 5.74) is 1.34. The maximum absolute atomic E-state index is 4.03. The molecule has 1 atom stereocenters. The molecule has 2 aromatic rings. The Kier molecular flexibility index (Phi) is 4.71. The minimum atomic E-state index is 0.497. The van der Waals surface area contributed by atoms with Gasteiger partial charge in [0.25, 0.3) is 0 Å². The summed E-state index contributed by atoms with van der Waals surface area (Å²) in [6.07, 6.45) is 5.90. The van der Waals surface area contributed by atoms with E-state index in [4.69, 9.17) is 0 Å². The molecule has 17 heavy (non-hydrogen) atoms. The van der Waals surface area contributed by atoms with Crippen LogP contribution in [0.4, 0.5) is 0 Å². The van der Waals surface area contributed by atoms with E-state index in [-0.39, 0.29) is 0 Å². The molecule has 0 aromatic carbocycles. The van der Waals surface area contributed by atoms with Crippen molar-refractivity contribution in [1.82, 2.24) is 10.3 Å². The first-order valence-electron chi connectivity index (χ1n) is 6.06. The third kappa shape index (κ3) is 3.65. The molecule has 2 nitrogen and oxygen atoms in total. The molecule has 0 aliphatic heterocycles. The van der Waals surface area contributed by atoms with Crippen molar-refractivity contribution in [2.24, 2.45) is 0 Å². The summed E-state index contributed by atoms with van der Waals surface area (Å²) in [5, 5.41) is 5.75. The molecule has 0 aliphatic carbocycles. The van der Waals surface area contributed by atoms with E-state index in [1.54, 1.807) is 0 Å². The highest BCUT2D eigenvalue weighted by Gasteiger charge is 2.08. The fourth-order valence-electron chi connectivity index (χ4n) is 1.88. The molecule has 1 N–H and O–H groups in total. The third-order valence-electron chi connectivity index (χ3n) is 2.85. The van der Waals surface area contributed by atoms with Crippen molar-refractivity contribution in [3.05, 3.63) is 52.5 Å². The van der Waals surface area contributed by atoms with Crippen molar-refractivity contribution in [3.63, 3.8) is 0 Å². The lowest BCUT2D eigenvalue weighted by atomic mass is 10.1. The van der Waals surface area contributed by atoms with E-state index in [0.717, 1.165) is 19.4 Å². The van der Waals surface area contributed by atoms with Crippen LogP contribution >= 0.6 is 11.3 Å². The van der Waals surface area contributed by atoms with Crippen LogP contribution < -0.4 is 5.32 Å². The Hall–Kier alpha value is -1.19. The van der Waals surface area contributed by atoms with Crippen LogP contribution in [0.5, 0.6) is 0 Å². The maximum Gasteiger partial charge on any atom is 0.0412 e. The molecule has 0 radical (unpaired) electrons. The van der Waals surface area contributed by atoms with Gasteiger partial charge in [0.1, 0.15) is 0 Å². The van der Waals surface area contributed by atoms with Gasteiger partial charge >= 0.3 is 0 Å². The summed E-state index contributed by atoms with van der Waals surface area (Å²) in [6.45, 7) is 3.24. The molecule has 2 rings (SSSR count). The molecule has 0 bridgehead atoms. The Morgan fingerprint density at radius 2 is 2.12 bits per heavy atom. The fraction of sp³-hybridized carbons (Fsp3) is 0.357. The quantitative estimate of drug-likeness (QED) is 0.844. The second-order valence-corrected chi connectivity index (χ2v) is 5.02. The standard InChI is InChI=1S/C14H18N2S/c1-2-13(14-4-3-11-17-14)16-10-7-12-5-8-15-9-6-12/h3-6,8-9,11,13,16H,2,7,10H2,1H3. The Morgan fingerprint density at radius 1 is 1.29 bits per heavy atom. The molecule has 2 aromatic heterocycles. The lowest BCUT2D eigenvalue weighted by Crippen LogP contribution is -2.22. The van der Waals surface area contributed by atoms with Gasteiger partial charge in [0, 0.05) is 23.3 Å². The van der Waals surface area contributed by atoms with Gasteiger partial charge in [0.15, 0.2) is 0 Å². The molecular weight excluding hydrogens is 228 g/mol. The van der Waals surface area contributed by atoms with Gasteiger partial charge in [-0.1, -0.05) is 13.0 Å². The van der Waals surface area contributed by atoms with Crippen molar-refractivity contribution in [2.75, 3.05) is 6.54 Å². The van der Waals surface area contributed by atoms with Gasteiger partial charge in [-0.05, 0) is 48.5 Å². The summed E-state index contributed by atoms with van der Waals surface area (Å²) < 4.78 is 0. The van der Waals surface area contributed by atoms with E-state index in [0.29, 0.717) is 6.04 Å². The van der Waals surface area contributed by atoms with Crippen molar-refractivity contribution in [2.45, 2.75) is 25.8 Å². The molecular formula is C14H18N2S. The van der Waals surface area contributed by atoms with Crippen molar-refractivity contribution in [3.8, 4) is 0 Å². The normalized spacial score (nSPS) is 12.5. The summed E-state index contributed by atoms with van der Waals surface area (Å²) in [6, 6.07) is 8.98. The molecule has 0 aliphatic rings. The Bertz CT molecular complexity index is 411. The van der Waals surface area contributed by atoms with E-state index < -0.39 is 0 Å². The number of rotatable bonds is 6. The smallest absolute Gasteiger partial charge is 0.0412 e. The van der Waals surface area contributed by atoms with Gasteiger partial charge in [-0.25, -0.2) is 0 Å². The highest BCUT2D eigenvalue weighted by atomic mass is 32.1. The van der Waals surface area contributed by atoms with E-state index >= 15 is 0 Å². The third-order valence-corrected chi connectivity index (χ3v) is 3.83. The first kappa shape index (κ1) is 12.3. The lowest BCUT2D eigenvalue weighted by molar-refractivity contribution is 0.530. The van der Waals surface area contributed by atoms with E-state index in [2.05, 4.69) is 46.9 Å². The topological polar surface area (TPSA) is 24.9 Å². The zero-order valence-electron chi connectivity index (χ0n) is 10.1. The number of nitrogens with zero attached hydrogens (tertiary/aromatic N) is 1. The Morgan fingerprint density at radius 3 is 2.76 bits per heavy atom. The van der Waals surface area contributed by atoms with Gasteiger partial charge in [-0.3, -0.25) is 4.98 Å². The number of pyridine rings is 1. The summed E-state index contributed by atoms with van der Waals surface area (Å²) in [5.74, 6) is 0.